The van der Waals surface area contributed by atoms with E-state index in [0.29, 0.717) is 0 Å². The second kappa shape index (κ2) is 5.31. The van der Waals surface area contributed by atoms with Crippen molar-refractivity contribution < 1.29 is 0 Å². The first-order valence-electron chi connectivity index (χ1n) is 7.62. The van der Waals surface area contributed by atoms with Gasteiger partial charge in [-0.25, -0.2) is 0 Å². The minimum Gasteiger partial charge on any atom is -0.385 e. The van der Waals surface area contributed by atoms with E-state index in [4.69, 9.17) is 0 Å². The number of aryl methyl sites for hydroxylation is 3. The molecule has 0 spiro atoms. The molecule has 0 amide bonds. The maximum atomic E-state index is 4.69. The van der Waals surface area contributed by atoms with Crippen LogP contribution >= 0.6 is 0 Å². The van der Waals surface area contributed by atoms with Crippen LogP contribution in [0.4, 0.5) is 5.69 Å². The van der Waals surface area contributed by atoms with Crippen LogP contribution in [0.15, 0.2) is 18.2 Å². The Labute approximate surface area is 121 Å². The van der Waals surface area contributed by atoms with Crippen LogP contribution in [0.3, 0.4) is 0 Å². The van der Waals surface area contributed by atoms with Crippen molar-refractivity contribution >= 4 is 5.69 Å². The zero-order valence-electron chi connectivity index (χ0n) is 12.7. The van der Waals surface area contributed by atoms with Gasteiger partial charge in [0.05, 0.1) is 5.69 Å². The highest BCUT2D eigenvalue weighted by Crippen LogP contribution is 2.32. The number of benzene rings is 1. The zero-order chi connectivity index (χ0) is 14.1. The summed E-state index contributed by atoms with van der Waals surface area (Å²) in [4.78, 5) is 0. The van der Waals surface area contributed by atoms with Crippen molar-refractivity contribution in [3.8, 4) is 11.1 Å². The van der Waals surface area contributed by atoms with E-state index in [1.165, 1.54) is 40.9 Å². The van der Waals surface area contributed by atoms with Crippen molar-refractivity contribution in [2.75, 3.05) is 11.9 Å². The largest absolute Gasteiger partial charge is 0.385 e. The van der Waals surface area contributed by atoms with E-state index in [9.17, 15) is 0 Å². The maximum Gasteiger partial charge on any atom is 0.0674 e. The Hall–Kier alpha value is -1.77. The minimum atomic E-state index is 0.999. The van der Waals surface area contributed by atoms with Gasteiger partial charge in [-0.1, -0.05) is 13.0 Å². The van der Waals surface area contributed by atoms with Gasteiger partial charge >= 0.3 is 0 Å². The average Bonchev–Trinajstić information content (AvgIpc) is 2.73. The molecule has 2 aromatic rings. The Kier molecular flexibility index (Phi) is 3.51. The Balaban J connectivity index is 2.04. The molecule has 3 rings (SSSR count). The van der Waals surface area contributed by atoms with E-state index in [1.807, 2.05) is 0 Å². The second-order valence-corrected chi connectivity index (χ2v) is 5.67. The van der Waals surface area contributed by atoms with Crippen LogP contribution in [-0.2, 0) is 13.0 Å². The summed E-state index contributed by atoms with van der Waals surface area (Å²) in [5, 5.41) is 8.16. The smallest absolute Gasteiger partial charge is 0.0674 e. The summed E-state index contributed by atoms with van der Waals surface area (Å²) in [6.45, 7) is 8.59. The highest BCUT2D eigenvalue weighted by Gasteiger charge is 2.15. The van der Waals surface area contributed by atoms with Gasteiger partial charge in [-0.3, -0.25) is 4.68 Å². The van der Waals surface area contributed by atoms with Gasteiger partial charge in [0.15, 0.2) is 0 Å². The van der Waals surface area contributed by atoms with Gasteiger partial charge in [-0.05, 0) is 56.4 Å². The number of hydrogen-bond donors (Lipinski definition) is 1. The topological polar surface area (TPSA) is 29.9 Å². The Morgan fingerprint density at radius 1 is 1.30 bits per heavy atom. The molecule has 0 atom stereocenters. The molecule has 0 fully saturated rings. The molecule has 106 valence electrons. The molecule has 1 aromatic carbocycles. The van der Waals surface area contributed by atoms with Crippen LogP contribution in [0.5, 0.6) is 0 Å². The number of aromatic nitrogens is 2. The third kappa shape index (κ3) is 2.21. The summed E-state index contributed by atoms with van der Waals surface area (Å²) < 4.78 is 2.14. The van der Waals surface area contributed by atoms with E-state index in [0.717, 1.165) is 25.2 Å². The standard InChI is InChI=1S/C17H23N3/c1-4-10-20-13(3)17(12(2)19-20)15-7-8-16-14(11-15)6-5-9-18-16/h7-8,11,18H,4-6,9-10H2,1-3H3. The summed E-state index contributed by atoms with van der Waals surface area (Å²) in [6, 6.07) is 6.79. The molecule has 0 saturated heterocycles. The molecule has 20 heavy (non-hydrogen) atoms. The van der Waals surface area contributed by atoms with Gasteiger partial charge in [-0.2, -0.15) is 5.10 Å². The van der Waals surface area contributed by atoms with E-state index in [2.05, 4.69) is 54.1 Å². The molecular formula is C17H23N3. The van der Waals surface area contributed by atoms with Crippen molar-refractivity contribution in [1.82, 2.24) is 9.78 Å². The van der Waals surface area contributed by atoms with Crippen LogP contribution < -0.4 is 5.32 Å². The Bertz CT molecular complexity index is 625. The molecule has 1 aliphatic rings. The van der Waals surface area contributed by atoms with Crippen molar-refractivity contribution in [3.63, 3.8) is 0 Å². The number of hydrogen-bond acceptors (Lipinski definition) is 2. The van der Waals surface area contributed by atoms with E-state index in [-0.39, 0.29) is 0 Å². The Morgan fingerprint density at radius 3 is 2.95 bits per heavy atom. The van der Waals surface area contributed by atoms with Gasteiger partial charge in [0.2, 0.25) is 0 Å². The molecule has 0 saturated carbocycles. The van der Waals surface area contributed by atoms with E-state index < -0.39 is 0 Å². The van der Waals surface area contributed by atoms with Gasteiger partial charge in [0.25, 0.3) is 0 Å². The van der Waals surface area contributed by atoms with Crippen LogP contribution in [-0.4, -0.2) is 16.3 Å². The third-order valence-electron chi connectivity index (χ3n) is 4.15. The van der Waals surface area contributed by atoms with Gasteiger partial charge in [0.1, 0.15) is 0 Å². The molecule has 1 N–H and O–H groups in total. The van der Waals surface area contributed by atoms with Crippen LogP contribution in [0.25, 0.3) is 11.1 Å². The molecule has 2 heterocycles. The normalized spacial score (nSPS) is 13.9. The predicted octanol–water partition coefficient (Wildman–Crippen LogP) is 3.94. The lowest BCUT2D eigenvalue weighted by Crippen LogP contribution is -2.11. The first kappa shape index (κ1) is 13.2. The van der Waals surface area contributed by atoms with E-state index in [1.54, 1.807) is 0 Å². The van der Waals surface area contributed by atoms with Crippen LogP contribution in [0, 0.1) is 13.8 Å². The maximum absolute atomic E-state index is 4.69. The van der Waals surface area contributed by atoms with Gasteiger partial charge in [-0.15, -0.1) is 0 Å². The molecule has 1 aliphatic heterocycles. The fraction of sp³-hybridized carbons (Fsp3) is 0.471. The molecule has 0 bridgehead atoms. The first-order chi connectivity index (χ1) is 9.70. The summed E-state index contributed by atoms with van der Waals surface area (Å²) >= 11 is 0. The van der Waals surface area contributed by atoms with Crippen molar-refractivity contribution in [2.24, 2.45) is 0 Å². The van der Waals surface area contributed by atoms with Crippen LogP contribution in [0.2, 0.25) is 0 Å². The molecule has 0 unspecified atom stereocenters. The molecule has 0 radical (unpaired) electrons. The number of rotatable bonds is 3. The molecule has 0 aliphatic carbocycles. The van der Waals surface area contributed by atoms with Gasteiger partial charge < -0.3 is 5.32 Å². The van der Waals surface area contributed by atoms with Crippen molar-refractivity contribution in [1.29, 1.82) is 0 Å². The van der Waals surface area contributed by atoms with E-state index >= 15 is 0 Å². The van der Waals surface area contributed by atoms with Crippen molar-refractivity contribution in [2.45, 2.75) is 46.6 Å². The third-order valence-corrected chi connectivity index (χ3v) is 4.15. The van der Waals surface area contributed by atoms with Crippen LogP contribution in [0.1, 0.15) is 36.7 Å². The molecule has 3 nitrogen and oxygen atoms in total. The quantitative estimate of drug-likeness (QED) is 0.914. The first-order valence-corrected chi connectivity index (χ1v) is 7.62. The highest BCUT2D eigenvalue weighted by molar-refractivity contribution is 5.72. The summed E-state index contributed by atoms with van der Waals surface area (Å²) in [5.41, 5.74) is 7.79. The monoisotopic (exact) mass is 269 g/mol. The molecular weight excluding hydrogens is 246 g/mol. The fourth-order valence-electron chi connectivity index (χ4n) is 3.17. The number of anilines is 1. The molecule has 1 aromatic heterocycles. The zero-order valence-corrected chi connectivity index (χ0v) is 12.7. The summed E-state index contributed by atoms with van der Waals surface area (Å²) in [6.07, 6.45) is 3.52. The minimum absolute atomic E-state index is 0.999. The second-order valence-electron chi connectivity index (χ2n) is 5.67. The lowest BCUT2D eigenvalue weighted by Gasteiger charge is -2.18. The highest BCUT2D eigenvalue weighted by atomic mass is 15.3. The van der Waals surface area contributed by atoms with Crippen molar-refractivity contribution in [3.05, 3.63) is 35.2 Å². The summed E-state index contributed by atoms with van der Waals surface area (Å²) in [5.74, 6) is 0. The number of fused-ring (bicyclic) bond motifs is 1. The fourth-order valence-corrected chi connectivity index (χ4v) is 3.17. The lowest BCUT2D eigenvalue weighted by atomic mass is 9.96. The van der Waals surface area contributed by atoms with Gasteiger partial charge in [0, 0.05) is 30.0 Å². The average molecular weight is 269 g/mol. The summed E-state index contributed by atoms with van der Waals surface area (Å²) in [7, 11) is 0. The predicted molar refractivity (Wildman–Crippen MR) is 84.2 cm³/mol. The SMILES string of the molecule is CCCn1nc(C)c(-c2ccc3c(c2)CCCN3)c1C. The number of nitrogens with one attached hydrogen (secondary N) is 1. The lowest BCUT2D eigenvalue weighted by molar-refractivity contribution is 0.583. The number of nitrogens with zero attached hydrogens (tertiary/aromatic N) is 2. The Morgan fingerprint density at radius 2 is 2.15 bits per heavy atom. The molecule has 3 heteroatoms.